The minimum atomic E-state index is -0.290. The lowest BCUT2D eigenvalue weighted by Crippen LogP contribution is -2.09. The molecule has 0 saturated heterocycles. The Balaban J connectivity index is 2.20. The van der Waals surface area contributed by atoms with Crippen LogP contribution < -0.4 is 19.5 Å². The fourth-order valence-corrected chi connectivity index (χ4v) is 3.58. The number of ether oxygens (including phenoxy) is 3. The Morgan fingerprint density at radius 3 is 2.44 bits per heavy atom. The molecule has 7 heteroatoms. The number of carbonyl (C=O) groups excluding carboxylic acids is 1. The van der Waals surface area contributed by atoms with Crippen molar-refractivity contribution in [2.24, 2.45) is 0 Å². The van der Waals surface area contributed by atoms with Gasteiger partial charge in [-0.3, -0.25) is 4.79 Å². The van der Waals surface area contributed by atoms with Gasteiger partial charge in [-0.05, 0) is 46.3 Å². The van der Waals surface area contributed by atoms with Gasteiger partial charge in [-0.25, -0.2) is 0 Å². The van der Waals surface area contributed by atoms with Crippen LogP contribution in [0, 0.1) is 0 Å². The van der Waals surface area contributed by atoms with E-state index in [9.17, 15) is 4.79 Å². The first-order chi connectivity index (χ1) is 12.0. The molecule has 0 radical (unpaired) electrons. The highest BCUT2D eigenvalue weighted by Gasteiger charge is 2.09. The average molecular weight is 471 g/mol. The number of rotatable bonds is 6. The minimum absolute atomic E-state index is 0.290. The van der Waals surface area contributed by atoms with Crippen molar-refractivity contribution in [1.82, 2.24) is 0 Å². The highest BCUT2D eigenvalue weighted by Crippen LogP contribution is 2.33. The molecule has 0 heterocycles. The minimum Gasteiger partial charge on any atom is -0.497 e. The Hall–Kier alpha value is -1.99. The molecule has 0 bridgehead atoms. The van der Waals surface area contributed by atoms with Crippen molar-refractivity contribution < 1.29 is 19.0 Å². The Labute approximate surface area is 163 Å². The third-order valence-corrected chi connectivity index (χ3v) is 4.37. The summed E-state index contributed by atoms with van der Waals surface area (Å²) in [7, 11) is 4.68. The van der Waals surface area contributed by atoms with E-state index in [1.165, 1.54) is 13.2 Å². The number of carbonyl (C=O) groups is 1. The largest absolute Gasteiger partial charge is 0.497 e. The van der Waals surface area contributed by atoms with E-state index in [0.29, 0.717) is 22.9 Å². The second kappa shape index (κ2) is 8.92. The Kier molecular flexibility index (Phi) is 6.90. The monoisotopic (exact) mass is 469 g/mol. The molecule has 2 rings (SSSR count). The maximum absolute atomic E-state index is 12.2. The first kappa shape index (κ1) is 19.3. The predicted molar refractivity (Wildman–Crippen MR) is 106 cm³/mol. The van der Waals surface area contributed by atoms with Crippen molar-refractivity contribution in [3.63, 3.8) is 0 Å². The molecule has 5 nitrogen and oxygen atoms in total. The van der Waals surface area contributed by atoms with Crippen LogP contribution in [0.25, 0.3) is 6.08 Å². The number of amides is 1. The second-order valence-electron chi connectivity index (χ2n) is 4.90. The van der Waals surface area contributed by atoms with E-state index < -0.39 is 0 Å². The summed E-state index contributed by atoms with van der Waals surface area (Å²) in [5.41, 5.74) is 1.32. The Morgan fingerprint density at radius 2 is 1.80 bits per heavy atom. The smallest absolute Gasteiger partial charge is 0.248 e. The number of hydrogen-bond donors (Lipinski definition) is 1. The Bertz CT molecular complexity index is 806. The van der Waals surface area contributed by atoms with Crippen LogP contribution in [0.3, 0.4) is 0 Å². The van der Waals surface area contributed by atoms with E-state index in [4.69, 9.17) is 14.2 Å². The molecule has 1 amide bonds. The van der Waals surface area contributed by atoms with Gasteiger partial charge in [0.25, 0.3) is 0 Å². The van der Waals surface area contributed by atoms with Crippen molar-refractivity contribution in [2.75, 3.05) is 26.6 Å². The van der Waals surface area contributed by atoms with Gasteiger partial charge in [0.15, 0.2) is 0 Å². The summed E-state index contributed by atoms with van der Waals surface area (Å²) in [5.74, 6) is 1.52. The maximum Gasteiger partial charge on any atom is 0.248 e. The van der Waals surface area contributed by atoms with Crippen molar-refractivity contribution in [2.45, 2.75) is 0 Å². The fraction of sp³-hybridized carbons (Fsp3) is 0.167. The molecule has 0 aliphatic rings. The van der Waals surface area contributed by atoms with Gasteiger partial charge in [-0.2, -0.15) is 0 Å². The molecule has 0 aliphatic heterocycles. The van der Waals surface area contributed by atoms with E-state index in [1.54, 1.807) is 38.5 Å². The van der Waals surface area contributed by atoms with E-state index >= 15 is 0 Å². The van der Waals surface area contributed by atoms with Crippen molar-refractivity contribution in [3.05, 3.63) is 50.9 Å². The standard InChI is InChI=1S/C18H17Br2NO4/c1-23-13-5-6-15(16(10-13)24-2)21-17(22)7-4-11-8-12(19)9-14(20)18(11)25-3/h4-10H,1-3H3,(H,21,22)/b7-4+. The zero-order valence-electron chi connectivity index (χ0n) is 13.9. The van der Waals surface area contributed by atoms with Gasteiger partial charge in [0, 0.05) is 22.2 Å². The van der Waals surface area contributed by atoms with Gasteiger partial charge in [0.1, 0.15) is 17.2 Å². The van der Waals surface area contributed by atoms with Gasteiger partial charge >= 0.3 is 0 Å². The average Bonchev–Trinajstić information content (AvgIpc) is 2.59. The predicted octanol–water partition coefficient (Wildman–Crippen LogP) is 4.89. The molecule has 132 valence electrons. The first-order valence-electron chi connectivity index (χ1n) is 7.22. The number of halogens is 2. The molecule has 25 heavy (non-hydrogen) atoms. The molecule has 2 aromatic rings. The number of hydrogen-bond acceptors (Lipinski definition) is 4. The molecule has 0 aromatic heterocycles. The normalized spacial score (nSPS) is 10.6. The summed E-state index contributed by atoms with van der Waals surface area (Å²) in [5, 5.41) is 2.78. The van der Waals surface area contributed by atoms with Crippen LogP contribution in [0.15, 0.2) is 45.4 Å². The molecule has 2 aromatic carbocycles. The maximum atomic E-state index is 12.2. The fourth-order valence-electron chi connectivity index (χ4n) is 2.16. The molecule has 0 unspecified atom stereocenters. The summed E-state index contributed by atoms with van der Waals surface area (Å²) < 4.78 is 17.4. The lowest BCUT2D eigenvalue weighted by molar-refractivity contribution is -0.111. The highest BCUT2D eigenvalue weighted by molar-refractivity contribution is 9.11. The summed E-state index contributed by atoms with van der Waals surface area (Å²) in [4.78, 5) is 12.2. The van der Waals surface area contributed by atoms with Gasteiger partial charge in [0.2, 0.25) is 5.91 Å². The van der Waals surface area contributed by atoms with Crippen LogP contribution in [0.2, 0.25) is 0 Å². The van der Waals surface area contributed by atoms with Crippen LogP contribution in [0.5, 0.6) is 17.2 Å². The van der Waals surface area contributed by atoms with Gasteiger partial charge in [-0.15, -0.1) is 0 Å². The van der Waals surface area contributed by atoms with E-state index in [-0.39, 0.29) is 5.91 Å². The molecule has 0 fully saturated rings. The van der Waals surface area contributed by atoms with Crippen LogP contribution >= 0.6 is 31.9 Å². The van der Waals surface area contributed by atoms with Crippen molar-refractivity contribution in [1.29, 1.82) is 0 Å². The summed E-state index contributed by atoms with van der Waals surface area (Å²) in [6.07, 6.45) is 3.11. The highest BCUT2D eigenvalue weighted by atomic mass is 79.9. The van der Waals surface area contributed by atoms with Gasteiger partial charge in [0.05, 0.1) is 31.5 Å². The van der Waals surface area contributed by atoms with Crippen molar-refractivity contribution >= 4 is 49.5 Å². The van der Waals surface area contributed by atoms with E-state index in [1.807, 2.05) is 12.1 Å². The lowest BCUT2D eigenvalue weighted by atomic mass is 10.2. The zero-order valence-corrected chi connectivity index (χ0v) is 17.1. The van der Waals surface area contributed by atoms with Crippen LogP contribution in [0.1, 0.15) is 5.56 Å². The number of nitrogens with one attached hydrogen (secondary N) is 1. The van der Waals surface area contributed by atoms with E-state index in [2.05, 4.69) is 37.2 Å². The topological polar surface area (TPSA) is 56.8 Å². The first-order valence-corrected chi connectivity index (χ1v) is 8.81. The molecular weight excluding hydrogens is 454 g/mol. The number of benzene rings is 2. The lowest BCUT2D eigenvalue weighted by Gasteiger charge is -2.11. The molecule has 0 saturated carbocycles. The molecule has 0 atom stereocenters. The second-order valence-corrected chi connectivity index (χ2v) is 6.67. The summed E-state index contributed by atoms with van der Waals surface area (Å²) in [6.45, 7) is 0. The molecule has 0 aliphatic carbocycles. The van der Waals surface area contributed by atoms with Gasteiger partial charge in [-0.1, -0.05) is 15.9 Å². The summed E-state index contributed by atoms with van der Waals surface area (Å²) in [6, 6.07) is 8.91. The molecular formula is C18H17Br2NO4. The Morgan fingerprint density at radius 1 is 1.04 bits per heavy atom. The summed E-state index contributed by atoms with van der Waals surface area (Å²) >= 11 is 6.85. The number of methoxy groups -OCH3 is 3. The third kappa shape index (κ3) is 4.99. The molecule has 0 spiro atoms. The van der Waals surface area contributed by atoms with Crippen LogP contribution in [-0.2, 0) is 4.79 Å². The zero-order chi connectivity index (χ0) is 18.4. The van der Waals surface area contributed by atoms with Crippen LogP contribution in [-0.4, -0.2) is 27.2 Å². The van der Waals surface area contributed by atoms with E-state index in [0.717, 1.165) is 14.5 Å². The quantitative estimate of drug-likeness (QED) is 0.610. The third-order valence-electron chi connectivity index (χ3n) is 3.32. The SMILES string of the molecule is COc1ccc(NC(=O)/C=C/c2cc(Br)cc(Br)c2OC)c(OC)c1. The number of anilines is 1. The molecule has 1 N–H and O–H groups in total. The van der Waals surface area contributed by atoms with Crippen LogP contribution in [0.4, 0.5) is 5.69 Å². The van der Waals surface area contributed by atoms with Gasteiger partial charge < -0.3 is 19.5 Å². The van der Waals surface area contributed by atoms with Crippen molar-refractivity contribution in [3.8, 4) is 17.2 Å².